The van der Waals surface area contributed by atoms with E-state index in [4.69, 9.17) is 0 Å². The molecule has 17 heavy (non-hydrogen) atoms. The molecule has 5 heteroatoms. The van der Waals surface area contributed by atoms with Crippen molar-refractivity contribution in [1.29, 1.82) is 0 Å². The molecule has 1 aliphatic rings. The van der Waals surface area contributed by atoms with Gasteiger partial charge in [-0.1, -0.05) is 13.8 Å². The second-order valence-corrected chi connectivity index (χ2v) is 4.84. The minimum Gasteiger partial charge on any atom is -0.481 e. The molecule has 1 atom stereocenters. The first kappa shape index (κ1) is 11.8. The number of carboxylic acids is 1. The van der Waals surface area contributed by atoms with Crippen LogP contribution in [0.3, 0.4) is 0 Å². The number of hydrogen-bond acceptors (Lipinski definition) is 4. The molecule has 1 unspecified atom stereocenters. The Kier molecular flexibility index (Phi) is 3.00. The smallest absolute Gasteiger partial charge is 0.311 e. The number of nitrogens with zero attached hydrogens (tertiary/aromatic N) is 3. The van der Waals surface area contributed by atoms with Crippen LogP contribution in [-0.4, -0.2) is 34.1 Å². The molecule has 1 aromatic heterocycles. The maximum absolute atomic E-state index is 11.5. The Morgan fingerprint density at radius 3 is 2.59 bits per heavy atom. The van der Waals surface area contributed by atoms with E-state index in [1.807, 2.05) is 18.7 Å². The fourth-order valence-corrected chi connectivity index (χ4v) is 2.35. The molecule has 1 saturated heterocycles. The van der Waals surface area contributed by atoms with E-state index >= 15 is 0 Å². The van der Waals surface area contributed by atoms with Gasteiger partial charge in [0.15, 0.2) is 0 Å². The molecule has 2 rings (SSSR count). The Hall–Kier alpha value is -1.65. The standard InChI is InChI=1S/C12H17N3O2/c1-9(2)12(10(16)17)4-7-15(8-12)11-13-5-3-6-14-11/h3,5-6,9H,4,7-8H2,1-2H3,(H,16,17). The summed E-state index contributed by atoms with van der Waals surface area (Å²) in [4.78, 5) is 21.8. The first-order chi connectivity index (χ1) is 8.06. The molecule has 5 nitrogen and oxygen atoms in total. The number of anilines is 1. The number of carboxylic acid groups (broad SMARTS) is 1. The highest BCUT2D eigenvalue weighted by Crippen LogP contribution is 2.39. The van der Waals surface area contributed by atoms with Gasteiger partial charge in [0.2, 0.25) is 5.95 Å². The van der Waals surface area contributed by atoms with E-state index in [9.17, 15) is 9.90 Å². The summed E-state index contributed by atoms with van der Waals surface area (Å²) < 4.78 is 0. The van der Waals surface area contributed by atoms with Gasteiger partial charge in [0, 0.05) is 25.5 Å². The molecule has 1 aliphatic heterocycles. The molecule has 1 aromatic rings. The molecule has 0 aliphatic carbocycles. The van der Waals surface area contributed by atoms with E-state index in [1.165, 1.54) is 0 Å². The molecule has 0 spiro atoms. The van der Waals surface area contributed by atoms with Crippen LogP contribution in [0.2, 0.25) is 0 Å². The molecular weight excluding hydrogens is 218 g/mol. The monoisotopic (exact) mass is 235 g/mol. The summed E-state index contributed by atoms with van der Waals surface area (Å²) in [6.45, 7) is 5.12. The van der Waals surface area contributed by atoms with Crippen LogP contribution in [0.1, 0.15) is 20.3 Å². The predicted molar refractivity (Wildman–Crippen MR) is 63.8 cm³/mol. The van der Waals surface area contributed by atoms with Gasteiger partial charge >= 0.3 is 5.97 Å². The fourth-order valence-electron chi connectivity index (χ4n) is 2.35. The molecule has 2 heterocycles. The van der Waals surface area contributed by atoms with E-state index in [0.717, 1.165) is 0 Å². The average Bonchev–Trinajstić information content (AvgIpc) is 2.76. The van der Waals surface area contributed by atoms with E-state index in [2.05, 4.69) is 9.97 Å². The summed E-state index contributed by atoms with van der Waals surface area (Å²) in [5.41, 5.74) is -0.667. The van der Waals surface area contributed by atoms with Gasteiger partial charge in [0.05, 0.1) is 5.41 Å². The van der Waals surface area contributed by atoms with Crippen molar-refractivity contribution in [2.45, 2.75) is 20.3 Å². The molecule has 0 amide bonds. The van der Waals surface area contributed by atoms with Gasteiger partial charge in [-0.2, -0.15) is 0 Å². The normalized spacial score (nSPS) is 24.3. The van der Waals surface area contributed by atoms with Crippen molar-refractivity contribution in [1.82, 2.24) is 9.97 Å². The Labute approximate surface area is 100 Å². The van der Waals surface area contributed by atoms with Gasteiger partial charge in [0.25, 0.3) is 0 Å². The van der Waals surface area contributed by atoms with Gasteiger partial charge in [-0.15, -0.1) is 0 Å². The lowest BCUT2D eigenvalue weighted by Crippen LogP contribution is -2.39. The van der Waals surface area contributed by atoms with Gasteiger partial charge < -0.3 is 10.0 Å². The van der Waals surface area contributed by atoms with Crippen molar-refractivity contribution in [2.75, 3.05) is 18.0 Å². The summed E-state index contributed by atoms with van der Waals surface area (Å²) in [7, 11) is 0. The minimum atomic E-state index is -0.717. The second kappa shape index (κ2) is 4.31. The first-order valence-corrected chi connectivity index (χ1v) is 5.81. The van der Waals surface area contributed by atoms with Gasteiger partial charge in [-0.05, 0) is 18.4 Å². The zero-order valence-electron chi connectivity index (χ0n) is 10.1. The highest BCUT2D eigenvalue weighted by atomic mass is 16.4. The number of hydrogen-bond donors (Lipinski definition) is 1. The van der Waals surface area contributed by atoms with Gasteiger partial charge in [-0.3, -0.25) is 4.79 Å². The SMILES string of the molecule is CC(C)C1(C(=O)O)CCN(c2ncccn2)C1. The Bertz CT molecular complexity index is 407. The topological polar surface area (TPSA) is 66.3 Å². The Morgan fingerprint density at radius 2 is 2.12 bits per heavy atom. The molecule has 0 bridgehead atoms. The lowest BCUT2D eigenvalue weighted by atomic mass is 9.76. The molecule has 1 fully saturated rings. The molecule has 0 aromatic carbocycles. The summed E-state index contributed by atoms with van der Waals surface area (Å²) in [5, 5.41) is 9.43. The molecule has 92 valence electrons. The third-order valence-electron chi connectivity index (χ3n) is 3.67. The largest absolute Gasteiger partial charge is 0.481 e. The van der Waals surface area contributed by atoms with Gasteiger partial charge in [0.1, 0.15) is 0 Å². The van der Waals surface area contributed by atoms with Crippen LogP contribution in [-0.2, 0) is 4.79 Å². The van der Waals surface area contributed by atoms with Crippen LogP contribution in [0, 0.1) is 11.3 Å². The average molecular weight is 235 g/mol. The van der Waals surface area contributed by atoms with Crippen molar-refractivity contribution in [3.8, 4) is 0 Å². The van der Waals surface area contributed by atoms with Crippen LogP contribution in [0.25, 0.3) is 0 Å². The Balaban J connectivity index is 2.21. The van der Waals surface area contributed by atoms with Crippen molar-refractivity contribution >= 4 is 11.9 Å². The lowest BCUT2D eigenvalue weighted by molar-refractivity contribution is -0.150. The quantitative estimate of drug-likeness (QED) is 0.858. The van der Waals surface area contributed by atoms with Crippen LogP contribution < -0.4 is 4.90 Å². The number of aliphatic carboxylic acids is 1. The van der Waals surface area contributed by atoms with Crippen molar-refractivity contribution in [3.05, 3.63) is 18.5 Å². The minimum absolute atomic E-state index is 0.105. The summed E-state index contributed by atoms with van der Waals surface area (Å²) in [6, 6.07) is 1.76. The third-order valence-corrected chi connectivity index (χ3v) is 3.67. The number of carbonyl (C=O) groups is 1. The summed E-state index contributed by atoms with van der Waals surface area (Å²) in [5.74, 6) is 0.0101. The van der Waals surface area contributed by atoms with E-state index in [1.54, 1.807) is 18.5 Å². The molecule has 0 saturated carbocycles. The van der Waals surface area contributed by atoms with E-state index in [-0.39, 0.29) is 5.92 Å². The zero-order valence-corrected chi connectivity index (χ0v) is 10.1. The van der Waals surface area contributed by atoms with Crippen molar-refractivity contribution in [3.63, 3.8) is 0 Å². The second-order valence-electron chi connectivity index (χ2n) is 4.84. The molecule has 1 N–H and O–H groups in total. The fraction of sp³-hybridized carbons (Fsp3) is 0.583. The summed E-state index contributed by atoms with van der Waals surface area (Å²) in [6.07, 6.45) is 4.01. The Morgan fingerprint density at radius 1 is 1.47 bits per heavy atom. The maximum atomic E-state index is 11.5. The lowest BCUT2D eigenvalue weighted by Gasteiger charge is -2.28. The number of rotatable bonds is 3. The van der Waals surface area contributed by atoms with Crippen LogP contribution in [0.15, 0.2) is 18.5 Å². The maximum Gasteiger partial charge on any atom is 0.311 e. The zero-order chi connectivity index (χ0) is 12.5. The highest BCUT2D eigenvalue weighted by molar-refractivity contribution is 5.76. The molecular formula is C12H17N3O2. The van der Waals surface area contributed by atoms with Crippen LogP contribution in [0.4, 0.5) is 5.95 Å². The van der Waals surface area contributed by atoms with Gasteiger partial charge in [-0.25, -0.2) is 9.97 Å². The van der Waals surface area contributed by atoms with Crippen molar-refractivity contribution in [2.24, 2.45) is 11.3 Å². The van der Waals surface area contributed by atoms with E-state index < -0.39 is 11.4 Å². The summed E-state index contributed by atoms with van der Waals surface area (Å²) >= 11 is 0. The van der Waals surface area contributed by atoms with Crippen molar-refractivity contribution < 1.29 is 9.90 Å². The number of aromatic nitrogens is 2. The third kappa shape index (κ3) is 1.97. The van der Waals surface area contributed by atoms with Crippen LogP contribution in [0.5, 0.6) is 0 Å². The predicted octanol–water partition coefficient (Wildman–Crippen LogP) is 1.41. The van der Waals surface area contributed by atoms with E-state index in [0.29, 0.717) is 25.5 Å². The van der Waals surface area contributed by atoms with Crippen LogP contribution >= 0.6 is 0 Å². The first-order valence-electron chi connectivity index (χ1n) is 5.81. The molecule has 0 radical (unpaired) electrons. The highest BCUT2D eigenvalue weighted by Gasteiger charge is 2.47.